The second-order valence-electron chi connectivity index (χ2n) is 9.03. The van der Waals surface area contributed by atoms with Gasteiger partial charge in [-0.1, -0.05) is 0 Å². The van der Waals surface area contributed by atoms with Gasteiger partial charge in [0.15, 0.2) is 5.84 Å². The molecule has 0 spiro atoms. The monoisotopic (exact) mass is 441 g/mol. The molecule has 32 heavy (non-hydrogen) atoms. The van der Waals surface area contributed by atoms with E-state index in [1.165, 1.54) is 12.1 Å². The third-order valence-corrected chi connectivity index (χ3v) is 6.65. The van der Waals surface area contributed by atoms with E-state index >= 15 is 0 Å². The fourth-order valence-corrected chi connectivity index (χ4v) is 4.88. The summed E-state index contributed by atoms with van der Waals surface area (Å²) in [6.45, 7) is 5.83. The van der Waals surface area contributed by atoms with Gasteiger partial charge in [-0.2, -0.15) is 5.10 Å². The van der Waals surface area contributed by atoms with Crippen LogP contribution in [0, 0.1) is 11.6 Å². The number of likely N-dealkylation sites (tertiary alicyclic amines) is 1. The Morgan fingerprint density at radius 2 is 1.97 bits per heavy atom. The van der Waals surface area contributed by atoms with Crippen molar-refractivity contribution in [2.75, 3.05) is 43.6 Å². The normalized spacial score (nSPS) is 21.6. The number of hydrogen-bond acceptors (Lipinski definition) is 6. The molecule has 0 aliphatic carbocycles. The quantitative estimate of drug-likeness (QED) is 0.794. The number of rotatable bonds is 3. The highest BCUT2D eigenvalue weighted by Gasteiger charge is 2.42. The van der Waals surface area contributed by atoms with Gasteiger partial charge in [0.2, 0.25) is 0 Å². The summed E-state index contributed by atoms with van der Waals surface area (Å²) in [6, 6.07) is 6.82. The molecule has 3 heterocycles. The predicted molar refractivity (Wildman–Crippen MR) is 119 cm³/mol. The van der Waals surface area contributed by atoms with Gasteiger partial charge >= 0.3 is 0 Å². The minimum atomic E-state index is -0.640. The summed E-state index contributed by atoms with van der Waals surface area (Å²) in [5.74, 6) is -0.347. The van der Waals surface area contributed by atoms with E-state index in [0.717, 1.165) is 24.8 Å². The molecule has 7 nitrogen and oxygen atoms in total. The predicted octanol–water partition coefficient (Wildman–Crippen LogP) is 2.80. The fourth-order valence-electron chi connectivity index (χ4n) is 4.88. The Labute approximate surface area is 185 Å². The van der Waals surface area contributed by atoms with Gasteiger partial charge in [0.05, 0.1) is 11.2 Å². The van der Waals surface area contributed by atoms with Crippen molar-refractivity contribution in [3.8, 4) is 16.9 Å². The van der Waals surface area contributed by atoms with Crippen LogP contribution in [0.1, 0.15) is 13.8 Å². The molecule has 1 atom stereocenters. The van der Waals surface area contributed by atoms with E-state index in [2.05, 4.69) is 27.3 Å². The molecule has 3 aliphatic rings. The number of fused-ring (bicyclic) bond motifs is 3. The number of hydrogen-bond donors (Lipinski definition) is 1. The number of carbonyl (C=O) groups is 1. The first kappa shape index (κ1) is 20.7. The Balaban J connectivity index is 1.70. The highest BCUT2D eigenvalue weighted by atomic mass is 19.1. The lowest BCUT2D eigenvalue weighted by molar-refractivity contribution is -0.122. The van der Waals surface area contributed by atoms with Crippen LogP contribution in [-0.4, -0.2) is 62.0 Å². The first-order valence-electron chi connectivity index (χ1n) is 10.5. The van der Waals surface area contributed by atoms with Gasteiger partial charge in [0, 0.05) is 43.0 Å². The van der Waals surface area contributed by atoms with Crippen LogP contribution in [-0.2, 0) is 4.79 Å². The number of anilines is 2. The number of nitrogens with one attached hydrogen (secondary N) is 1. The van der Waals surface area contributed by atoms with E-state index in [1.807, 2.05) is 25.1 Å². The number of hydrazone groups is 1. The van der Waals surface area contributed by atoms with Crippen molar-refractivity contribution < 1.29 is 18.3 Å². The first-order valence-corrected chi connectivity index (χ1v) is 10.5. The van der Waals surface area contributed by atoms with Gasteiger partial charge in [-0.05, 0) is 45.2 Å². The topological polar surface area (TPSA) is 60.4 Å². The molecule has 168 valence electrons. The molecular weight excluding hydrogens is 416 g/mol. The molecule has 2 aromatic rings. The summed E-state index contributed by atoms with van der Waals surface area (Å²) in [5.41, 5.74) is 4.73. The highest BCUT2D eigenvalue weighted by molar-refractivity contribution is 6.10. The number of benzene rings is 2. The third-order valence-electron chi connectivity index (χ3n) is 6.65. The van der Waals surface area contributed by atoms with Crippen LogP contribution in [0.2, 0.25) is 0 Å². The van der Waals surface area contributed by atoms with Crippen LogP contribution < -0.4 is 20.0 Å². The van der Waals surface area contributed by atoms with Gasteiger partial charge in [0.1, 0.15) is 30.0 Å². The Bertz CT molecular complexity index is 1150. The lowest BCUT2D eigenvalue weighted by Gasteiger charge is -2.53. The highest BCUT2D eigenvalue weighted by Crippen LogP contribution is 2.46. The van der Waals surface area contributed by atoms with E-state index in [0.29, 0.717) is 28.4 Å². The summed E-state index contributed by atoms with van der Waals surface area (Å²) in [6.07, 6.45) is 0. The zero-order chi connectivity index (χ0) is 22.8. The van der Waals surface area contributed by atoms with E-state index in [9.17, 15) is 13.6 Å². The summed E-state index contributed by atoms with van der Waals surface area (Å²) < 4.78 is 34.4. The maximum atomic E-state index is 14.9. The molecule has 1 N–H and O–H groups in total. The molecule has 0 aromatic heterocycles. The van der Waals surface area contributed by atoms with Crippen molar-refractivity contribution in [3.63, 3.8) is 0 Å². The Morgan fingerprint density at radius 3 is 2.66 bits per heavy atom. The molecule has 1 fully saturated rings. The third kappa shape index (κ3) is 3.10. The smallest absolute Gasteiger partial charge is 0.262 e. The van der Waals surface area contributed by atoms with E-state index < -0.39 is 17.7 Å². The van der Waals surface area contributed by atoms with Crippen LogP contribution >= 0.6 is 0 Å². The van der Waals surface area contributed by atoms with E-state index in [1.54, 1.807) is 13.0 Å². The Morgan fingerprint density at radius 1 is 1.22 bits per heavy atom. The number of nitrogens with zero attached hydrogens (tertiary/aromatic N) is 4. The van der Waals surface area contributed by atoms with Crippen LogP contribution in [0.3, 0.4) is 0 Å². The lowest BCUT2D eigenvalue weighted by Crippen LogP contribution is -2.66. The molecule has 0 bridgehead atoms. The van der Waals surface area contributed by atoms with E-state index in [4.69, 9.17) is 4.74 Å². The number of likely N-dealkylation sites (N-methyl/N-ethyl adjacent to an activating group) is 2. The number of amides is 1. The molecule has 0 saturated carbocycles. The Kier molecular flexibility index (Phi) is 4.63. The SMILES string of the molecule is CC1C(=O)NN=C2COc3cc(-c4ccc(F)cc4F)c(N(C)C4(C)CN(C)C4)cc3N21. The van der Waals surface area contributed by atoms with Gasteiger partial charge in [0.25, 0.3) is 5.91 Å². The summed E-state index contributed by atoms with van der Waals surface area (Å²) in [4.78, 5) is 18.5. The number of ether oxygens (including phenoxy) is 1. The van der Waals surface area contributed by atoms with E-state index in [-0.39, 0.29) is 18.1 Å². The Hall–Kier alpha value is -3.20. The average molecular weight is 441 g/mol. The van der Waals surface area contributed by atoms with Crippen molar-refractivity contribution in [3.05, 3.63) is 42.0 Å². The maximum Gasteiger partial charge on any atom is 0.262 e. The molecule has 3 aliphatic heterocycles. The minimum Gasteiger partial charge on any atom is -0.483 e. The van der Waals surface area contributed by atoms with Crippen molar-refractivity contribution >= 4 is 23.1 Å². The van der Waals surface area contributed by atoms with Crippen LogP contribution in [0.4, 0.5) is 20.2 Å². The molecule has 1 amide bonds. The molecule has 0 radical (unpaired) electrons. The fraction of sp³-hybridized carbons (Fsp3) is 0.391. The molecule has 2 aromatic carbocycles. The molecular formula is C23H25F2N5O2. The number of halogens is 2. The average Bonchev–Trinajstić information content (AvgIpc) is 2.73. The maximum absolute atomic E-state index is 14.9. The van der Waals surface area contributed by atoms with Crippen LogP contribution in [0.5, 0.6) is 5.75 Å². The zero-order valence-electron chi connectivity index (χ0n) is 18.4. The minimum absolute atomic E-state index is 0.161. The molecule has 1 unspecified atom stereocenters. The first-order chi connectivity index (χ1) is 15.2. The second-order valence-corrected chi connectivity index (χ2v) is 9.03. The molecule has 1 saturated heterocycles. The standard InChI is InChI=1S/C23H25F2N5O2/c1-13-22(31)27-26-21-10-32-20-8-16(15-6-5-14(24)7-17(15)25)18(9-19(20)30(13)21)29(4)23(2)11-28(3)12-23/h5-9,13H,10-12H2,1-4H3,(H,27,31). The molecule has 9 heteroatoms. The second kappa shape index (κ2) is 7.16. The summed E-state index contributed by atoms with van der Waals surface area (Å²) in [7, 11) is 4.03. The summed E-state index contributed by atoms with van der Waals surface area (Å²) in [5, 5.41) is 4.14. The van der Waals surface area contributed by atoms with Gasteiger partial charge in [-0.15, -0.1) is 0 Å². The van der Waals surface area contributed by atoms with Crippen molar-refractivity contribution in [1.29, 1.82) is 0 Å². The largest absolute Gasteiger partial charge is 0.483 e. The zero-order valence-corrected chi connectivity index (χ0v) is 18.4. The van der Waals surface area contributed by atoms with Gasteiger partial charge in [-0.3, -0.25) is 4.79 Å². The van der Waals surface area contributed by atoms with Crippen LogP contribution in [0.25, 0.3) is 11.1 Å². The number of amidine groups is 1. The van der Waals surface area contributed by atoms with Crippen molar-refractivity contribution in [2.24, 2.45) is 5.10 Å². The lowest BCUT2D eigenvalue weighted by atomic mass is 9.89. The van der Waals surface area contributed by atoms with Crippen molar-refractivity contribution in [2.45, 2.75) is 25.4 Å². The van der Waals surface area contributed by atoms with Crippen molar-refractivity contribution in [1.82, 2.24) is 10.3 Å². The number of carbonyl (C=O) groups excluding carboxylic acids is 1. The van der Waals surface area contributed by atoms with Crippen LogP contribution in [0.15, 0.2) is 35.4 Å². The van der Waals surface area contributed by atoms with Gasteiger partial charge in [-0.25, -0.2) is 14.2 Å². The summed E-state index contributed by atoms with van der Waals surface area (Å²) >= 11 is 0. The molecule has 5 rings (SSSR count). The van der Waals surface area contributed by atoms with Gasteiger partial charge < -0.3 is 19.4 Å².